The Morgan fingerprint density at radius 2 is 1.78 bits per heavy atom. The molecule has 0 amide bonds. The Morgan fingerprint density at radius 1 is 1.11 bits per heavy atom. The average molecular weight is 285 g/mol. The lowest BCUT2D eigenvalue weighted by atomic mass is 10.1. The molecule has 0 aliphatic rings. The quantitative estimate of drug-likeness (QED) is 0.474. The van der Waals surface area contributed by atoms with Gasteiger partial charge in [0.1, 0.15) is 0 Å². The maximum Gasteiger partial charge on any atom is 0.155 e. The van der Waals surface area contributed by atoms with E-state index in [-0.39, 0.29) is 5.78 Å². The van der Waals surface area contributed by atoms with Gasteiger partial charge in [0, 0.05) is 16.5 Å². The van der Waals surface area contributed by atoms with E-state index < -0.39 is 0 Å². The van der Waals surface area contributed by atoms with Gasteiger partial charge in [-0.1, -0.05) is 55.5 Å². The number of hydrogen-bond acceptors (Lipinski definition) is 1. The molecule has 0 fully saturated rings. The lowest BCUT2D eigenvalue weighted by Crippen LogP contribution is -1.92. The van der Waals surface area contributed by atoms with E-state index in [1.165, 1.54) is 12.8 Å². The molecular formula is C15H18Cl2O. The fraction of sp³-hybridized carbons (Fsp3) is 0.400. The highest BCUT2D eigenvalue weighted by molar-refractivity contribution is 6.34. The monoisotopic (exact) mass is 284 g/mol. The highest BCUT2D eigenvalue weighted by atomic mass is 35.5. The van der Waals surface area contributed by atoms with Crippen molar-refractivity contribution >= 4 is 35.1 Å². The second kappa shape index (κ2) is 8.34. The van der Waals surface area contributed by atoms with Crippen LogP contribution < -0.4 is 0 Å². The molecule has 98 valence electrons. The van der Waals surface area contributed by atoms with Gasteiger partial charge in [0.25, 0.3) is 0 Å². The molecule has 1 aromatic rings. The summed E-state index contributed by atoms with van der Waals surface area (Å²) in [5, 5.41) is 1.16. The van der Waals surface area contributed by atoms with Crippen LogP contribution in [0.2, 0.25) is 10.0 Å². The minimum absolute atomic E-state index is 0.155. The van der Waals surface area contributed by atoms with Crippen LogP contribution in [-0.2, 0) is 4.79 Å². The topological polar surface area (TPSA) is 17.1 Å². The third-order valence-corrected chi connectivity index (χ3v) is 3.06. The standard InChI is InChI=1S/C15H18Cl2O/c1-2-3-4-5-6-15(18)8-7-12-9-13(16)11-14(17)10-12/h7-11H,2-6H2,1H3/b8-7+. The summed E-state index contributed by atoms with van der Waals surface area (Å²) in [5.74, 6) is 0.155. The number of carbonyl (C=O) groups is 1. The molecule has 0 radical (unpaired) electrons. The highest BCUT2D eigenvalue weighted by Crippen LogP contribution is 2.20. The summed E-state index contributed by atoms with van der Waals surface area (Å²) in [4.78, 5) is 11.6. The van der Waals surface area contributed by atoms with Crippen molar-refractivity contribution in [3.63, 3.8) is 0 Å². The van der Waals surface area contributed by atoms with E-state index in [4.69, 9.17) is 23.2 Å². The van der Waals surface area contributed by atoms with Crippen molar-refractivity contribution in [2.45, 2.75) is 39.0 Å². The van der Waals surface area contributed by atoms with Crippen LogP contribution in [0.3, 0.4) is 0 Å². The molecule has 0 N–H and O–H groups in total. The number of allylic oxidation sites excluding steroid dienone is 1. The van der Waals surface area contributed by atoms with E-state index in [0.717, 1.165) is 18.4 Å². The Morgan fingerprint density at radius 3 is 2.39 bits per heavy atom. The SMILES string of the molecule is CCCCCCC(=O)/C=C/c1cc(Cl)cc(Cl)c1. The zero-order valence-electron chi connectivity index (χ0n) is 10.6. The number of unbranched alkanes of at least 4 members (excludes halogenated alkanes) is 3. The minimum atomic E-state index is 0.155. The molecule has 18 heavy (non-hydrogen) atoms. The van der Waals surface area contributed by atoms with E-state index in [1.54, 1.807) is 30.4 Å². The van der Waals surface area contributed by atoms with Crippen LogP contribution in [-0.4, -0.2) is 5.78 Å². The lowest BCUT2D eigenvalue weighted by Gasteiger charge is -1.98. The Balaban J connectivity index is 2.45. The molecule has 0 aliphatic heterocycles. The smallest absolute Gasteiger partial charge is 0.155 e. The Labute approximate surface area is 119 Å². The van der Waals surface area contributed by atoms with E-state index in [9.17, 15) is 4.79 Å². The molecule has 0 saturated heterocycles. The van der Waals surface area contributed by atoms with Gasteiger partial charge >= 0.3 is 0 Å². The molecule has 0 bridgehead atoms. The fourth-order valence-electron chi connectivity index (χ4n) is 1.67. The van der Waals surface area contributed by atoms with E-state index in [1.807, 2.05) is 0 Å². The Kier molecular flexibility index (Phi) is 7.07. The Bertz CT molecular complexity index is 404. The first-order valence-electron chi connectivity index (χ1n) is 6.29. The number of ketones is 1. The zero-order valence-corrected chi connectivity index (χ0v) is 12.1. The molecular weight excluding hydrogens is 267 g/mol. The number of carbonyl (C=O) groups excluding carboxylic acids is 1. The van der Waals surface area contributed by atoms with Gasteiger partial charge in [0.2, 0.25) is 0 Å². The predicted octanol–water partition coefficient (Wildman–Crippen LogP) is 5.55. The van der Waals surface area contributed by atoms with Gasteiger partial charge in [-0.15, -0.1) is 0 Å². The van der Waals surface area contributed by atoms with Crippen molar-refractivity contribution < 1.29 is 4.79 Å². The maximum absolute atomic E-state index is 11.6. The van der Waals surface area contributed by atoms with Crippen LogP contribution in [0, 0.1) is 0 Å². The van der Waals surface area contributed by atoms with Gasteiger partial charge < -0.3 is 0 Å². The highest BCUT2D eigenvalue weighted by Gasteiger charge is 1.98. The fourth-order valence-corrected chi connectivity index (χ4v) is 2.21. The van der Waals surface area contributed by atoms with Crippen LogP contribution in [0.15, 0.2) is 24.3 Å². The van der Waals surface area contributed by atoms with Crippen molar-refractivity contribution in [3.8, 4) is 0 Å². The second-order valence-electron chi connectivity index (χ2n) is 4.31. The molecule has 0 aromatic heterocycles. The Hall–Kier alpha value is -0.790. The van der Waals surface area contributed by atoms with Crippen molar-refractivity contribution in [1.82, 2.24) is 0 Å². The molecule has 0 atom stereocenters. The third kappa shape index (κ3) is 6.23. The van der Waals surface area contributed by atoms with Crippen LogP contribution in [0.4, 0.5) is 0 Å². The van der Waals surface area contributed by atoms with Gasteiger partial charge in [-0.2, -0.15) is 0 Å². The average Bonchev–Trinajstić information content (AvgIpc) is 2.31. The second-order valence-corrected chi connectivity index (χ2v) is 5.19. The van der Waals surface area contributed by atoms with Crippen molar-refractivity contribution in [2.75, 3.05) is 0 Å². The van der Waals surface area contributed by atoms with Gasteiger partial charge in [-0.05, 0) is 36.3 Å². The number of benzene rings is 1. The van der Waals surface area contributed by atoms with E-state index >= 15 is 0 Å². The molecule has 0 unspecified atom stereocenters. The zero-order chi connectivity index (χ0) is 13.4. The van der Waals surface area contributed by atoms with Crippen molar-refractivity contribution in [1.29, 1.82) is 0 Å². The van der Waals surface area contributed by atoms with Gasteiger partial charge in [0.15, 0.2) is 5.78 Å². The molecule has 0 spiro atoms. The summed E-state index contributed by atoms with van der Waals surface area (Å²) in [6, 6.07) is 5.25. The first kappa shape index (κ1) is 15.3. The first-order valence-corrected chi connectivity index (χ1v) is 7.04. The van der Waals surface area contributed by atoms with Crippen molar-refractivity contribution in [2.24, 2.45) is 0 Å². The summed E-state index contributed by atoms with van der Waals surface area (Å²) >= 11 is 11.8. The summed E-state index contributed by atoms with van der Waals surface area (Å²) in [5.41, 5.74) is 0.856. The number of hydrogen-bond donors (Lipinski definition) is 0. The molecule has 0 heterocycles. The third-order valence-electron chi connectivity index (χ3n) is 2.62. The lowest BCUT2D eigenvalue weighted by molar-refractivity contribution is -0.114. The summed E-state index contributed by atoms with van der Waals surface area (Å²) < 4.78 is 0. The molecule has 1 nitrogen and oxygen atoms in total. The minimum Gasteiger partial charge on any atom is -0.295 e. The van der Waals surface area contributed by atoms with Gasteiger partial charge in [0.05, 0.1) is 0 Å². The molecule has 1 aromatic carbocycles. The summed E-state index contributed by atoms with van der Waals surface area (Å²) in [6.07, 6.45) is 8.46. The molecule has 0 saturated carbocycles. The van der Waals surface area contributed by atoms with Gasteiger partial charge in [-0.3, -0.25) is 4.79 Å². The largest absolute Gasteiger partial charge is 0.295 e. The number of rotatable bonds is 7. The predicted molar refractivity (Wildman–Crippen MR) is 79.3 cm³/mol. The molecule has 0 aliphatic carbocycles. The van der Waals surface area contributed by atoms with Crippen LogP contribution in [0.1, 0.15) is 44.6 Å². The maximum atomic E-state index is 11.6. The number of halogens is 2. The molecule has 3 heteroatoms. The van der Waals surface area contributed by atoms with E-state index in [0.29, 0.717) is 16.5 Å². The van der Waals surface area contributed by atoms with Gasteiger partial charge in [-0.25, -0.2) is 0 Å². The van der Waals surface area contributed by atoms with Crippen molar-refractivity contribution in [3.05, 3.63) is 39.9 Å². The normalized spacial score (nSPS) is 11.1. The van der Waals surface area contributed by atoms with E-state index in [2.05, 4.69) is 6.92 Å². The summed E-state index contributed by atoms with van der Waals surface area (Å²) in [6.45, 7) is 2.16. The van der Waals surface area contributed by atoms with Crippen LogP contribution in [0.25, 0.3) is 6.08 Å². The van der Waals surface area contributed by atoms with Crippen LogP contribution >= 0.6 is 23.2 Å². The molecule has 1 rings (SSSR count). The summed E-state index contributed by atoms with van der Waals surface area (Å²) in [7, 11) is 0. The van der Waals surface area contributed by atoms with Crippen LogP contribution in [0.5, 0.6) is 0 Å². The first-order chi connectivity index (χ1) is 8.61.